The number of carbonyl (C=O) groups excluding carboxylic acids is 2. The van der Waals surface area contributed by atoms with E-state index in [1.165, 1.54) is 26.4 Å². The highest BCUT2D eigenvalue weighted by Gasteiger charge is 2.43. The van der Waals surface area contributed by atoms with Crippen molar-refractivity contribution in [3.63, 3.8) is 0 Å². The number of hydrogen-bond donors (Lipinski definition) is 1. The van der Waals surface area contributed by atoms with Crippen LogP contribution < -0.4 is 5.32 Å². The van der Waals surface area contributed by atoms with Gasteiger partial charge in [-0.1, -0.05) is 12.5 Å². The van der Waals surface area contributed by atoms with Gasteiger partial charge in [-0.3, -0.25) is 9.59 Å². The van der Waals surface area contributed by atoms with E-state index in [9.17, 15) is 9.59 Å². The van der Waals surface area contributed by atoms with E-state index < -0.39 is 0 Å². The maximum atomic E-state index is 12.6. The molecule has 2 fully saturated rings. The maximum absolute atomic E-state index is 12.6. The molecule has 0 spiro atoms. The van der Waals surface area contributed by atoms with E-state index in [1.54, 1.807) is 11.3 Å². The fourth-order valence-corrected chi connectivity index (χ4v) is 4.58. The van der Waals surface area contributed by atoms with Crippen molar-refractivity contribution in [1.82, 2.24) is 5.32 Å². The molecule has 0 aromatic carbocycles. The molecule has 4 atom stereocenters. The van der Waals surface area contributed by atoms with Crippen LogP contribution in [0.1, 0.15) is 43.0 Å². The summed E-state index contributed by atoms with van der Waals surface area (Å²) in [6, 6.07) is 3.64. The van der Waals surface area contributed by atoms with Crippen LogP contribution in [0.2, 0.25) is 0 Å². The first-order valence-corrected chi connectivity index (χ1v) is 8.46. The molecule has 1 N–H and O–H groups in total. The maximum Gasteiger partial charge on any atom is 0.307 e. The van der Waals surface area contributed by atoms with Gasteiger partial charge in [0.15, 0.2) is 0 Å². The zero-order valence-corrected chi connectivity index (χ0v) is 13.0. The van der Waals surface area contributed by atoms with E-state index in [1.807, 2.05) is 17.5 Å². The van der Waals surface area contributed by atoms with Crippen molar-refractivity contribution >= 4 is 23.2 Å². The molecule has 0 saturated heterocycles. The van der Waals surface area contributed by atoms with Crippen LogP contribution in [0.15, 0.2) is 17.5 Å². The van der Waals surface area contributed by atoms with E-state index >= 15 is 0 Å². The second-order valence-corrected chi connectivity index (χ2v) is 7.12. The summed E-state index contributed by atoms with van der Waals surface area (Å²) in [4.78, 5) is 25.1. The summed E-state index contributed by atoms with van der Waals surface area (Å²) < 4.78 is 4.75. The number of fused-ring (bicyclic) bond motifs is 2. The first-order chi connectivity index (χ1) is 10.2. The molecule has 3 rings (SSSR count). The van der Waals surface area contributed by atoms with E-state index in [0.29, 0.717) is 5.92 Å². The van der Waals surface area contributed by atoms with Crippen LogP contribution in [-0.2, 0) is 14.3 Å². The highest BCUT2D eigenvalue weighted by molar-refractivity contribution is 7.10. The minimum Gasteiger partial charge on any atom is -0.469 e. The minimum absolute atomic E-state index is 0.115. The Morgan fingerprint density at radius 2 is 2.29 bits per heavy atom. The number of esters is 1. The number of ether oxygens (including phenoxy) is 1. The lowest BCUT2D eigenvalue weighted by atomic mass is 9.88. The fourth-order valence-electron chi connectivity index (χ4n) is 3.81. The van der Waals surface area contributed by atoms with Crippen LogP contribution >= 0.6 is 11.3 Å². The molecule has 1 aromatic rings. The molecule has 0 radical (unpaired) electrons. The Balaban J connectivity index is 1.66. The van der Waals surface area contributed by atoms with Gasteiger partial charge in [0, 0.05) is 10.8 Å². The molecule has 0 aliphatic heterocycles. The normalized spacial score (nSPS) is 28.3. The van der Waals surface area contributed by atoms with Crippen molar-refractivity contribution in [3.05, 3.63) is 22.4 Å². The molecular weight excluding hydrogens is 286 g/mol. The first kappa shape index (κ1) is 14.6. The second kappa shape index (κ2) is 6.18. The van der Waals surface area contributed by atoms with E-state index in [2.05, 4.69) is 5.32 Å². The quantitative estimate of drug-likeness (QED) is 0.851. The molecule has 2 aliphatic rings. The van der Waals surface area contributed by atoms with E-state index in [-0.39, 0.29) is 30.3 Å². The summed E-state index contributed by atoms with van der Waals surface area (Å²) in [5, 5.41) is 5.04. The highest BCUT2D eigenvalue weighted by atomic mass is 32.1. The standard InChI is InChI=1S/C16H21NO3S/c1-20-15(18)9-13(14-3-2-6-21-14)17-16(19)12-8-10-4-5-11(12)7-10/h2-3,6,10-13H,4-5,7-9H2,1H3,(H,17,19). The Morgan fingerprint density at radius 3 is 2.86 bits per heavy atom. The number of hydrogen-bond acceptors (Lipinski definition) is 4. The van der Waals surface area contributed by atoms with Crippen molar-refractivity contribution < 1.29 is 14.3 Å². The Morgan fingerprint density at radius 1 is 1.43 bits per heavy atom. The molecule has 21 heavy (non-hydrogen) atoms. The molecule has 2 bridgehead atoms. The molecule has 4 unspecified atom stereocenters. The smallest absolute Gasteiger partial charge is 0.307 e. The molecule has 1 heterocycles. The van der Waals surface area contributed by atoms with Crippen LogP contribution in [0, 0.1) is 17.8 Å². The average molecular weight is 307 g/mol. The van der Waals surface area contributed by atoms with Gasteiger partial charge < -0.3 is 10.1 Å². The lowest BCUT2D eigenvalue weighted by Crippen LogP contribution is -2.37. The summed E-state index contributed by atoms with van der Waals surface area (Å²) in [5.74, 6) is 1.26. The zero-order chi connectivity index (χ0) is 14.8. The van der Waals surface area contributed by atoms with Gasteiger partial charge in [0.05, 0.1) is 19.6 Å². The van der Waals surface area contributed by atoms with Crippen molar-refractivity contribution in [2.24, 2.45) is 17.8 Å². The zero-order valence-electron chi connectivity index (χ0n) is 12.2. The molecule has 2 aliphatic carbocycles. The minimum atomic E-state index is -0.290. The SMILES string of the molecule is COC(=O)CC(NC(=O)C1CC2CCC1C2)c1cccs1. The third-order valence-electron chi connectivity index (χ3n) is 4.88. The summed E-state index contributed by atoms with van der Waals surface area (Å²) in [6.45, 7) is 0. The molecule has 5 heteroatoms. The largest absolute Gasteiger partial charge is 0.469 e. The molecule has 1 amide bonds. The van der Waals surface area contributed by atoms with Crippen molar-refractivity contribution in [1.29, 1.82) is 0 Å². The average Bonchev–Trinajstić information content (AvgIpc) is 3.22. The monoisotopic (exact) mass is 307 g/mol. The van der Waals surface area contributed by atoms with Gasteiger partial charge in [-0.15, -0.1) is 11.3 Å². The Kier molecular flexibility index (Phi) is 4.29. The van der Waals surface area contributed by atoms with Gasteiger partial charge in [0.25, 0.3) is 0 Å². The van der Waals surface area contributed by atoms with Crippen LogP contribution in [0.4, 0.5) is 0 Å². The third kappa shape index (κ3) is 3.12. The third-order valence-corrected chi connectivity index (χ3v) is 5.86. The number of rotatable bonds is 5. The fraction of sp³-hybridized carbons (Fsp3) is 0.625. The van der Waals surface area contributed by atoms with Gasteiger partial charge in [-0.05, 0) is 42.5 Å². The summed E-state index contributed by atoms with van der Waals surface area (Å²) in [7, 11) is 1.38. The summed E-state index contributed by atoms with van der Waals surface area (Å²) in [6.07, 6.45) is 4.89. The number of thiophene rings is 1. The predicted molar refractivity (Wildman–Crippen MR) is 80.8 cm³/mol. The van der Waals surface area contributed by atoms with E-state index in [0.717, 1.165) is 17.2 Å². The van der Waals surface area contributed by atoms with Crippen LogP contribution in [0.25, 0.3) is 0 Å². The van der Waals surface area contributed by atoms with Crippen LogP contribution in [0.3, 0.4) is 0 Å². The lowest BCUT2D eigenvalue weighted by molar-refractivity contribution is -0.141. The molecule has 2 saturated carbocycles. The Labute approximate surface area is 128 Å². The summed E-state index contributed by atoms with van der Waals surface area (Å²) >= 11 is 1.56. The number of amides is 1. The van der Waals surface area contributed by atoms with Crippen LogP contribution in [-0.4, -0.2) is 19.0 Å². The van der Waals surface area contributed by atoms with Gasteiger partial charge in [-0.2, -0.15) is 0 Å². The van der Waals surface area contributed by atoms with Gasteiger partial charge in [0.1, 0.15) is 0 Å². The van der Waals surface area contributed by atoms with Crippen molar-refractivity contribution in [2.45, 2.75) is 38.1 Å². The predicted octanol–water partition coefficient (Wildman–Crippen LogP) is 2.90. The molecule has 1 aromatic heterocycles. The molecular formula is C16H21NO3S. The lowest BCUT2D eigenvalue weighted by Gasteiger charge is -2.24. The second-order valence-electron chi connectivity index (χ2n) is 6.14. The first-order valence-electron chi connectivity index (χ1n) is 7.58. The van der Waals surface area contributed by atoms with Gasteiger partial charge in [-0.25, -0.2) is 0 Å². The molecule has 4 nitrogen and oxygen atoms in total. The molecule has 114 valence electrons. The Bertz CT molecular complexity index is 514. The summed E-state index contributed by atoms with van der Waals surface area (Å²) in [5.41, 5.74) is 0. The highest BCUT2D eigenvalue weighted by Crippen LogP contribution is 2.48. The van der Waals surface area contributed by atoms with Gasteiger partial charge in [0.2, 0.25) is 5.91 Å². The number of nitrogens with one attached hydrogen (secondary N) is 1. The number of methoxy groups -OCH3 is 1. The Hall–Kier alpha value is -1.36. The number of carbonyl (C=O) groups is 2. The van der Waals surface area contributed by atoms with E-state index in [4.69, 9.17) is 4.74 Å². The van der Waals surface area contributed by atoms with Crippen molar-refractivity contribution in [3.8, 4) is 0 Å². The van der Waals surface area contributed by atoms with Gasteiger partial charge >= 0.3 is 5.97 Å². The topological polar surface area (TPSA) is 55.4 Å². The van der Waals surface area contributed by atoms with Crippen molar-refractivity contribution in [2.75, 3.05) is 7.11 Å². The van der Waals surface area contributed by atoms with Crippen LogP contribution in [0.5, 0.6) is 0 Å².